The molecular weight excluding hydrogens is 218 g/mol. The third-order valence-electron chi connectivity index (χ3n) is 2.54. The Kier molecular flexibility index (Phi) is 2.53. The number of aryl methyl sites for hydroxylation is 1. The van der Waals surface area contributed by atoms with Gasteiger partial charge in [-0.2, -0.15) is 8.78 Å². The minimum atomic E-state index is -3.90. The van der Waals surface area contributed by atoms with E-state index in [-0.39, 0.29) is 5.75 Å². The maximum absolute atomic E-state index is 13.4. The fraction of sp³-hybridized carbons (Fsp3) is 0.364. The zero-order valence-electron chi connectivity index (χ0n) is 8.37. The second-order valence-electron chi connectivity index (χ2n) is 3.63. The second kappa shape index (κ2) is 3.73. The molecule has 0 amide bonds. The molecule has 0 aromatic heterocycles. The number of carboxylic acid groups (broad SMARTS) is 1. The number of halogens is 2. The maximum atomic E-state index is 13.4. The molecule has 1 aliphatic rings. The Morgan fingerprint density at radius 2 is 2.19 bits per heavy atom. The maximum Gasteiger partial charge on any atom is 0.379 e. The van der Waals surface area contributed by atoms with Crippen molar-refractivity contribution in [2.75, 3.05) is 6.61 Å². The Morgan fingerprint density at radius 1 is 1.44 bits per heavy atom. The summed E-state index contributed by atoms with van der Waals surface area (Å²) in [5.41, 5.74) is 0.0851. The highest BCUT2D eigenvalue weighted by molar-refractivity contribution is 5.78. The van der Waals surface area contributed by atoms with E-state index in [1.807, 2.05) is 0 Å². The van der Waals surface area contributed by atoms with Gasteiger partial charge < -0.3 is 9.84 Å². The first kappa shape index (κ1) is 10.9. The number of ether oxygens (including phenoxy) is 1. The van der Waals surface area contributed by atoms with Crippen LogP contribution in [0.3, 0.4) is 0 Å². The normalized spacial score (nSPS) is 15.1. The van der Waals surface area contributed by atoms with Crippen LogP contribution in [0.4, 0.5) is 8.78 Å². The Morgan fingerprint density at radius 3 is 2.88 bits per heavy atom. The van der Waals surface area contributed by atoms with E-state index in [0.717, 1.165) is 12.5 Å². The zero-order valence-corrected chi connectivity index (χ0v) is 8.37. The highest BCUT2D eigenvalue weighted by Crippen LogP contribution is 2.39. The number of rotatable bonds is 2. The lowest BCUT2D eigenvalue weighted by molar-refractivity contribution is -0.166. The van der Waals surface area contributed by atoms with Crippen LogP contribution in [0.1, 0.15) is 17.5 Å². The molecule has 0 atom stereocenters. The molecule has 3 nitrogen and oxygen atoms in total. The number of aliphatic carboxylic acids is 1. The molecule has 0 spiro atoms. The topological polar surface area (TPSA) is 46.5 Å². The van der Waals surface area contributed by atoms with Gasteiger partial charge in [-0.3, -0.25) is 0 Å². The molecule has 1 aliphatic heterocycles. The summed E-state index contributed by atoms with van der Waals surface area (Å²) in [5.74, 6) is -6.03. The quantitative estimate of drug-likeness (QED) is 0.843. The number of para-hydroxylation sites is 1. The van der Waals surface area contributed by atoms with Crippen LogP contribution in [0, 0.1) is 0 Å². The average molecular weight is 228 g/mol. The van der Waals surface area contributed by atoms with Crippen LogP contribution in [0.25, 0.3) is 0 Å². The third-order valence-corrected chi connectivity index (χ3v) is 2.54. The molecule has 0 fully saturated rings. The monoisotopic (exact) mass is 228 g/mol. The molecule has 5 heteroatoms. The Labute approximate surface area is 90.7 Å². The minimum absolute atomic E-state index is 0.0288. The minimum Gasteiger partial charge on any atom is -0.493 e. The number of hydrogen-bond acceptors (Lipinski definition) is 2. The first-order valence-corrected chi connectivity index (χ1v) is 4.90. The molecule has 0 saturated heterocycles. The summed E-state index contributed by atoms with van der Waals surface area (Å²) < 4.78 is 31.9. The van der Waals surface area contributed by atoms with E-state index in [4.69, 9.17) is 9.84 Å². The van der Waals surface area contributed by atoms with E-state index in [1.165, 1.54) is 6.07 Å². The fourth-order valence-corrected chi connectivity index (χ4v) is 1.75. The van der Waals surface area contributed by atoms with Crippen LogP contribution in [0.2, 0.25) is 0 Å². The Bertz CT molecular complexity index is 429. The molecule has 2 rings (SSSR count). The highest BCUT2D eigenvalue weighted by atomic mass is 19.3. The molecule has 1 heterocycles. The van der Waals surface area contributed by atoms with E-state index < -0.39 is 17.5 Å². The lowest BCUT2D eigenvalue weighted by Gasteiger charge is -2.22. The number of benzene rings is 1. The van der Waals surface area contributed by atoms with Crippen LogP contribution >= 0.6 is 0 Å². The van der Waals surface area contributed by atoms with Crippen LogP contribution in [0.15, 0.2) is 18.2 Å². The van der Waals surface area contributed by atoms with Gasteiger partial charge in [-0.25, -0.2) is 4.79 Å². The van der Waals surface area contributed by atoms with E-state index >= 15 is 0 Å². The summed E-state index contributed by atoms with van der Waals surface area (Å²) in [6.45, 7) is 0.347. The molecule has 0 unspecified atom stereocenters. The predicted molar refractivity (Wildman–Crippen MR) is 51.8 cm³/mol. The summed E-state index contributed by atoms with van der Waals surface area (Å²) in [6.07, 6.45) is 1.40. The smallest absolute Gasteiger partial charge is 0.379 e. The van der Waals surface area contributed by atoms with Crippen molar-refractivity contribution in [2.45, 2.75) is 18.8 Å². The van der Waals surface area contributed by atoms with Crippen molar-refractivity contribution >= 4 is 5.97 Å². The summed E-state index contributed by atoms with van der Waals surface area (Å²) >= 11 is 0. The van der Waals surface area contributed by atoms with Gasteiger partial charge in [0.1, 0.15) is 5.75 Å². The molecule has 1 N–H and O–H groups in total. The third kappa shape index (κ3) is 1.62. The predicted octanol–water partition coefficient (Wildman–Crippen LogP) is 2.19. The van der Waals surface area contributed by atoms with Crippen LogP contribution in [-0.4, -0.2) is 17.7 Å². The Hall–Kier alpha value is -1.65. The standard InChI is InChI=1S/C11H10F2O3/c12-11(13,10(14)15)8-5-1-3-7-4-2-6-16-9(7)8/h1,3,5H,2,4,6H2,(H,14,15). The lowest BCUT2D eigenvalue weighted by atomic mass is 9.99. The molecule has 16 heavy (non-hydrogen) atoms. The molecule has 0 aliphatic carbocycles. The van der Waals surface area contributed by atoms with Gasteiger partial charge in [0.25, 0.3) is 0 Å². The van der Waals surface area contributed by atoms with Crippen molar-refractivity contribution in [2.24, 2.45) is 0 Å². The van der Waals surface area contributed by atoms with E-state index in [9.17, 15) is 13.6 Å². The average Bonchev–Trinajstić information content (AvgIpc) is 2.28. The summed E-state index contributed by atoms with van der Waals surface area (Å²) in [4.78, 5) is 10.5. The first-order valence-electron chi connectivity index (χ1n) is 4.90. The number of carboxylic acids is 1. The fourth-order valence-electron chi connectivity index (χ4n) is 1.75. The Balaban J connectivity index is 2.53. The van der Waals surface area contributed by atoms with Crippen LogP contribution < -0.4 is 4.74 Å². The van der Waals surface area contributed by atoms with E-state index in [2.05, 4.69) is 0 Å². The largest absolute Gasteiger partial charge is 0.493 e. The van der Waals surface area contributed by atoms with Gasteiger partial charge in [0.15, 0.2) is 0 Å². The SMILES string of the molecule is O=C(O)C(F)(F)c1cccc2c1OCCC2. The van der Waals surface area contributed by atoms with Gasteiger partial charge in [-0.05, 0) is 24.5 Å². The molecular formula is C11H10F2O3. The van der Waals surface area contributed by atoms with Crippen LogP contribution in [0.5, 0.6) is 5.75 Å². The summed E-state index contributed by atoms with van der Waals surface area (Å²) in [6, 6.07) is 4.20. The zero-order chi connectivity index (χ0) is 11.8. The van der Waals surface area contributed by atoms with Gasteiger partial charge in [0.2, 0.25) is 0 Å². The first-order chi connectivity index (χ1) is 7.53. The second-order valence-corrected chi connectivity index (χ2v) is 3.63. The van der Waals surface area contributed by atoms with Gasteiger partial charge >= 0.3 is 11.9 Å². The summed E-state index contributed by atoms with van der Waals surface area (Å²) in [5, 5.41) is 8.49. The van der Waals surface area contributed by atoms with Crippen molar-refractivity contribution in [3.8, 4) is 5.75 Å². The molecule has 1 aromatic carbocycles. The lowest BCUT2D eigenvalue weighted by Crippen LogP contribution is -2.27. The van der Waals surface area contributed by atoms with Crippen molar-refractivity contribution in [1.82, 2.24) is 0 Å². The van der Waals surface area contributed by atoms with Gasteiger partial charge in [-0.15, -0.1) is 0 Å². The van der Waals surface area contributed by atoms with Gasteiger partial charge in [-0.1, -0.05) is 12.1 Å². The number of carbonyl (C=O) groups is 1. The molecule has 0 bridgehead atoms. The number of fused-ring (bicyclic) bond motifs is 1. The van der Waals surface area contributed by atoms with Gasteiger partial charge in [0.05, 0.1) is 12.2 Å². The van der Waals surface area contributed by atoms with E-state index in [1.54, 1.807) is 6.07 Å². The number of hydrogen-bond donors (Lipinski definition) is 1. The molecule has 0 saturated carbocycles. The molecule has 0 radical (unpaired) electrons. The molecule has 86 valence electrons. The van der Waals surface area contributed by atoms with E-state index in [0.29, 0.717) is 18.6 Å². The highest BCUT2D eigenvalue weighted by Gasteiger charge is 2.44. The van der Waals surface area contributed by atoms with Crippen molar-refractivity contribution in [3.05, 3.63) is 29.3 Å². The summed E-state index contributed by atoms with van der Waals surface area (Å²) in [7, 11) is 0. The molecule has 1 aromatic rings. The van der Waals surface area contributed by atoms with Gasteiger partial charge in [0, 0.05) is 0 Å². The van der Waals surface area contributed by atoms with Crippen molar-refractivity contribution < 1.29 is 23.4 Å². The van der Waals surface area contributed by atoms with Crippen molar-refractivity contribution in [3.63, 3.8) is 0 Å². The number of alkyl halides is 2. The van der Waals surface area contributed by atoms with Crippen LogP contribution in [-0.2, 0) is 17.1 Å². The van der Waals surface area contributed by atoms with Crippen molar-refractivity contribution in [1.29, 1.82) is 0 Å².